The molecule has 1 aromatic carbocycles. The number of hydrogen-bond acceptors (Lipinski definition) is 5. The van der Waals surface area contributed by atoms with Crippen molar-refractivity contribution >= 4 is 34.0 Å². The van der Waals surface area contributed by atoms with Gasteiger partial charge in [0.2, 0.25) is 0 Å². The highest BCUT2D eigenvalue weighted by molar-refractivity contribution is 6.00. The maximum absolute atomic E-state index is 14.7. The zero-order valence-corrected chi connectivity index (χ0v) is 17.4. The second-order valence-electron chi connectivity index (χ2n) is 7.09. The largest absolute Gasteiger partial charge is 0.373 e. The highest BCUT2D eigenvalue weighted by Gasteiger charge is 2.17. The van der Waals surface area contributed by atoms with Crippen molar-refractivity contribution in [1.29, 1.82) is 0 Å². The molecular weight excluding hydrogens is 437 g/mol. The first kappa shape index (κ1) is 21.8. The summed E-state index contributed by atoms with van der Waals surface area (Å²) in [6.07, 6.45) is 5.05. The van der Waals surface area contributed by atoms with Crippen LogP contribution in [-0.2, 0) is 0 Å². The van der Waals surface area contributed by atoms with Crippen LogP contribution in [0.4, 0.5) is 35.2 Å². The molecule has 0 fully saturated rings. The quantitative estimate of drug-likeness (QED) is 0.429. The summed E-state index contributed by atoms with van der Waals surface area (Å²) in [7, 11) is 1.69. The van der Waals surface area contributed by atoms with E-state index in [-0.39, 0.29) is 17.1 Å². The van der Waals surface area contributed by atoms with Crippen LogP contribution in [-0.4, -0.2) is 27.6 Å². The van der Waals surface area contributed by atoms with Crippen LogP contribution >= 0.6 is 0 Å². The van der Waals surface area contributed by atoms with Crippen LogP contribution in [0.3, 0.4) is 0 Å². The van der Waals surface area contributed by atoms with Gasteiger partial charge in [0.05, 0.1) is 29.5 Å². The van der Waals surface area contributed by atoms with E-state index in [4.69, 9.17) is 0 Å². The number of nitrogens with zero attached hydrogens (tertiary/aromatic N) is 3. The smallest absolute Gasteiger partial charge is 0.323 e. The topological polar surface area (TPSA) is 101 Å². The Kier molecular flexibility index (Phi) is 5.69. The third-order valence-corrected chi connectivity index (χ3v) is 4.91. The Morgan fingerprint density at radius 2 is 1.79 bits per heavy atom. The molecule has 0 aliphatic rings. The standard InChI is InChI=1S/C22H17F3N6O2/c1-11-15-4-20(26-2)28-7-12(15)10-31(21(11)32)19-6-18(16(24)5-17(19)25)30-22(33)29-14-3-13(23)8-27-9-14/h3-10,26H,1-2H3,(H2,29,30,33). The molecule has 0 saturated heterocycles. The van der Waals surface area contributed by atoms with Crippen molar-refractivity contribution in [3.63, 3.8) is 0 Å². The van der Waals surface area contributed by atoms with Gasteiger partial charge >= 0.3 is 6.03 Å². The Labute approximate surface area is 185 Å². The first-order chi connectivity index (χ1) is 15.8. The van der Waals surface area contributed by atoms with Crippen molar-refractivity contribution < 1.29 is 18.0 Å². The number of urea groups is 1. The highest BCUT2D eigenvalue weighted by Crippen LogP contribution is 2.25. The monoisotopic (exact) mass is 454 g/mol. The van der Waals surface area contributed by atoms with Crippen LogP contribution in [0, 0.1) is 24.4 Å². The molecule has 0 bridgehead atoms. The molecule has 4 rings (SSSR count). The van der Waals surface area contributed by atoms with Gasteiger partial charge in [0.1, 0.15) is 23.3 Å². The fraction of sp³-hybridized carbons (Fsp3) is 0.0909. The van der Waals surface area contributed by atoms with Gasteiger partial charge in [-0.25, -0.2) is 22.9 Å². The first-order valence-electron chi connectivity index (χ1n) is 9.64. The average molecular weight is 454 g/mol. The Morgan fingerprint density at radius 1 is 1.00 bits per heavy atom. The lowest BCUT2D eigenvalue weighted by Gasteiger charge is -2.14. The summed E-state index contributed by atoms with van der Waals surface area (Å²) in [4.78, 5) is 33.0. The maximum Gasteiger partial charge on any atom is 0.323 e. The minimum absolute atomic E-state index is 0.0325. The van der Waals surface area contributed by atoms with Gasteiger partial charge in [0.15, 0.2) is 0 Å². The van der Waals surface area contributed by atoms with Crippen molar-refractivity contribution in [2.45, 2.75) is 6.92 Å². The second-order valence-corrected chi connectivity index (χ2v) is 7.09. The van der Waals surface area contributed by atoms with Gasteiger partial charge in [0, 0.05) is 42.5 Å². The number of halogens is 3. The average Bonchev–Trinajstić information content (AvgIpc) is 2.78. The van der Waals surface area contributed by atoms with E-state index < -0.39 is 29.0 Å². The molecule has 3 aromatic heterocycles. The van der Waals surface area contributed by atoms with Crippen molar-refractivity contribution in [1.82, 2.24) is 14.5 Å². The molecule has 0 radical (unpaired) electrons. The summed E-state index contributed by atoms with van der Waals surface area (Å²) in [6, 6.07) is 3.35. The molecule has 0 unspecified atom stereocenters. The van der Waals surface area contributed by atoms with Crippen LogP contribution in [0.5, 0.6) is 0 Å². The van der Waals surface area contributed by atoms with E-state index in [1.165, 1.54) is 18.6 Å². The maximum atomic E-state index is 14.7. The Morgan fingerprint density at radius 3 is 2.52 bits per heavy atom. The molecule has 0 atom stereocenters. The number of carbonyl (C=O) groups excluding carboxylic acids is 1. The predicted octanol–water partition coefficient (Wildman–Crippen LogP) is 4.19. The van der Waals surface area contributed by atoms with Crippen molar-refractivity contribution in [3.05, 3.63) is 82.4 Å². The zero-order valence-electron chi connectivity index (χ0n) is 17.4. The summed E-state index contributed by atoms with van der Waals surface area (Å²) in [5.74, 6) is -2.18. The Hall–Kier alpha value is -4.41. The lowest BCUT2D eigenvalue weighted by molar-refractivity contribution is 0.262. The van der Waals surface area contributed by atoms with Crippen molar-refractivity contribution in [3.8, 4) is 5.69 Å². The van der Waals surface area contributed by atoms with E-state index in [9.17, 15) is 22.8 Å². The van der Waals surface area contributed by atoms with Gasteiger partial charge in [0.25, 0.3) is 5.56 Å². The van der Waals surface area contributed by atoms with Gasteiger partial charge in [-0.3, -0.25) is 14.3 Å². The van der Waals surface area contributed by atoms with Crippen LogP contribution in [0.25, 0.3) is 16.5 Å². The molecule has 2 amide bonds. The van der Waals surface area contributed by atoms with Crippen LogP contribution < -0.4 is 21.5 Å². The number of nitrogens with one attached hydrogen (secondary N) is 3. The fourth-order valence-corrected chi connectivity index (χ4v) is 3.29. The molecule has 8 nitrogen and oxygen atoms in total. The summed E-state index contributed by atoms with van der Waals surface area (Å²) < 4.78 is 43.3. The van der Waals surface area contributed by atoms with Crippen LogP contribution in [0.15, 0.2) is 53.8 Å². The van der Waals surface area contributed by atoms with Gasteiger partial charge in [-0.1, -0.05) is 0 Å². The predicted molar refractivity (Wildman–Crippen MR) is 118 cm³/mol. The molecule has 0 saturated carbocycles. The molecule has 3 heterocycles. The summed E-state index contributed by atoms with van der Waals surface area (Å²) >= 11 is 0. The number of rotatable bonds is 4. The lowest BCUT2D eigenvalue weighted by atomic mass is 10.1. The second kappa shape index (κ2) is 8.61. The molecule has 4 aromatic rings. The summed E-state index contributed by atoms with van der Waals surface area (Å²) in [5, 5.41) is 8.58. The number of aromatic nitrogens is 3. The number of carbonyl (C=O) groups is 1. The number of fused-ring (bicyclic) bond motifs is 1. The van der Waals surface area contributed by atoms with Crippen LogP contribution in [0.1, 0.15) is 5.56 Å². The number of anilines is 3. The molecule has 11 heteroatoms. The summed E-state index contributed by atoms with van der Waals surface area (Å²) in [5.41, 5.74) is -0.818. The lowest BCUT2D eigenvalue weighted by Crippen LogP contribution is -2.23. The Balaban J connectivity index is 1.73. The Bertz CT molecular complexity index is 1450. The van der Waals surface area contributed by atoms with E-state index in [1.54, 1.807) is 20.0 Å². The van der Waals surface area contributed by atoms with E-state index in [0.29, 0.717) is 28.2 Å². The van der Waals surface area contributed by atoms with Crippen LogP contribution in [0.2, 0.25) is 0 Å². The minimum Gasteiger partial charge on any atom is -0.373 e. The van der Waals surface area contributed by atoms with Gasteiger partial charge < -0.3 is 16.0 Å². The van der Waals surface area contributed by atoms with E-state index in [0.717, 1.165) is 22.9 Å². The molecule has 0 aliphatic carbocycles. The van der Waals surface area contributed by atoms with Gasteiger partial charge in [-0.05, 0) is 24.4 Å². The van der Waals surface area contributed by atoms with Gasteiger partial charge in [-0.2, -0.15) is 0 Å². The highest BCUT2D eigenvalue weighted by atomic mass is 19.1. The molecule has 0 aliphatic heterocycles. The third kappa shape index (κ3) is 4.33. The third-order valence-electron chi connectivity index (χ3n) is 4.91. The van der Waals surface area contributed by atoms with Crippen molar-refractivity contribution in [2.75, 3.05) is 23.0 Å². The molecule has 168 valence electrons. The normalized spacial score (nSPS) is 10.8. The first-order valence-corrected chi connectivity index (χ1v) is 9.64. The van der Waals surface area contributed by atoms with Crippen molar-refractivity contribution in [2.24, 2.45) is 0 Å². The fourth-order valence-electron chi connectivity index (χ4n) is 3.29. The van der Waals surface area contributed by atoms with E-state index >= 15 is 0 Å². The molecule has 3 N–H and O–H groups in total. The zero-order chi connectivity index (χ0) is 23.7. The number of hydrogen-bond donors (Lipinski definition) is 3. The number of amides is 2. The minimum atomic E-state index is -1.06. The molecule has 33 heavy (non-hydrogen) atoms. The number of aryl methyl sites for hydroxylation is 1. The van der Waals surface area contributed by atoms with E-state index in [1.807, 2.05) is 0 Å². The SMILES string of the molecule is CNc1cc2c(C)c(=O)n(-c3cc(NC(=O)Nc4cncc(F)c4)c(F)cc3F)cc2cn1. The van der Waals surface area contributed by atoms with Gasteiger partial charge in [-0.15, -0.1) is 0 Å². The molecular formula is C22H17F3N6O2. The number of pyridine rings is 3. The molecule has 0 spiro atoms. The summed E-state index contributed by atoms with van der Waals surface area (Å²) in [6.45, 7) is 1.58. The van der Waals surface area contributed by atoms with E-state index in [2.05, 4.69) is 25.9 Å². The number of benzene rings is 1.